The summed E-state index contributed by atoms with van der Waals surface area (Å²) in [6, 6.07) is 5.24. The molecule has 1 N–H and O–H groups in total. The number of nitrogens with zero attached hydrogens (tertiary/aromatic N) is 2. The highest BCUT2D eigenvalue weighted by molar-refractivity contribution is 6.24. The van der Waals surface area contributed by atoms with Crippen LogP contribution in [0.15, 0.2) is 33.3 Å². The Morgan fingerprint density at radius 3 is 2.56 bits per heavy atom. The molecular weight excluding hydrogens is 324 g/mol. The lowest BCUT2D eigenvalue weighted by molar-refractivity contribution is -0.137. The summed E-state index contributed by atoms with van der Waals surface area (Å²) in [7, 11) is 3.61. The predicted molar refractivity (Wildman–Crippen MR) is 89.7 cm³/mol. The number of carbonyl (C=O) groups excluding carboxylic acids is 2. The van der Waals surface area contributed by atoms with Crippen molar-refractivity contribution in [3.63, 3.8) is 0 Å². The lowest BCUT2D eigenvalue weighted by Crippen LogP contribution is -2.32. The molecule has 0 amide bonds. The van der Waals surface area contributed by atoms with Gasteiger partial charge in [0.25, 0.3) is 0 Å². The van der Waals surface area contributed by atoms with Crippen molar-refractivity contribution < 1.29 is 23.9 Å². The van der Waals surface area contributed by atoms with Gasteiger partial charge in [-0.05, 0) is 31.1 Å². The van der Waals surface area contributed by atoms with Crippen molar-refractivity contribution in [1.29, 1.82) is 5.26 Å². The quantitative estimate of drug-likeness (QED) is 0.645. The third kappa shape index (κ3) is 3.69. The SMILES string of the molecule is CC1=C(C#N)C(=O)C(CCC(=O)O)C(=O)C1=Cc1ccc(N(C)C)o1. The molecule has 0 radical (unpaired) electrons. The van der Waals surface area contributed by atoms with E-state index in [1.54, 1.807) is 31.1 Å². The second kappa shape index (κ2) is 7.18. The van der Waals surface area contributed by atoms with Gasteiger partial charge in [0.05, 0.1) is 11.5 Å². The van der Waals surface area contributed by atoms with Gasteiger partial charge >= 0.3 is 5.97 Å². The Hall–Kier alpha value is -3.14. The molecule has 1 heterocycles. The third-order valence-electron chi connectivity index (χ3n) is 4.02. The zero-order valence-corrected chi connectivity index (χ0v) is 14.2. The molecule has 0 saturated heterocycles. The minimum atomic E-state index is -1.15. The first kappa shape index (κ1) is 18.2. The summed E-state index contributed by atoms with van der Waals surface area (Å²) in [5, 5.41) is 18.1. The van der Waals surface area contributed by atoms with Gasteiger partial charge in [0.1, 0.15) is 11.8 Å². The largest absolute Gasteiger partial charge is 0.481 e. The topological polar surface area (TPSA) is 112 Å². The van der Waals surface area contributed by atoms with Crippen LogP contribution >= 0.6 is 0 Å². The molecule has 0 spiro atoms. The Morgan fingerprint density at radius 1 is 1.36 bits per heavy atom. The van der Waals surface area contributed by atoms with Crippen molar-refractivity contribution in [2.75, 3.05) is 19.0 Å². The van der Waals surface area contributed by atoms with Gasteiger partial charge in [-0.1, -0.05) is 0 Å². The van der Waals surface area contributed by atoms with Crippen LogP contribution in [0.3, 0.4) is 0 Å². The van der Waals surface area contributed by atoms with Crippen molar-refractivity contribution in [3.8, 4) is 6.07 Å². The molecule has 130 valence electrons. The van der Waals surface area contributed by atoms with Crippen LogP contribution < -0.4 is 4.90 Å². The van der Waals surface area contributed by atoms with Crippen molar-refractivity contribution >= 4 is 29.5 Å². The molecule has 1 unspecified atom stereocenters. The number of ketones is 2. The van der Waals surface area contributed by atoms with Crippen molar-refractivity contribution in [3.05, 3.63) is 34.6 Å². The van der Waals surface area contributed by atoms with Crippen LogP contribution in [0.4, 0.5) is 5.88 Å². The number of carboxylic acid groups (broad SMARTS) is 1. The third-order valence-corrected chi connectivity index (χ3v) is 4.02. The average Bonchev–Trinajstić information content (AvgIpc) is 3.00. The van der Waals surface area contributed by atoms with Crippen molar-refractivity contribution in [2.45, 2.75) is 19.8 Å². The Balaban J connectivity index is 2.46. The van der Waals surface area contributed by atoms with Crippen LogP contribution in [0.1, 0.15) is 25.5 Å². The van der Waals surface area contributed by atoms with Crippen LogP contribution in [-0.2, 0) is 14.4 Å². The van der Waals surface area contributed by atoms with E-state index in [-0.39, 0.29) is 29.6 Å². The Labute approximate surface area is 144 Å². The lowest BCUT2D eigenvalue weighted by Gasteiger charge is -2.22. The van der Waals surface area contributed by atoms with E-state index in [0.29, 0.717) is 11.6 Å². The number of carboxylic acids is 1. The summed E-state index contributed by atoms with van der Waals surface area (Å²) < 4.78 is 5.59. The van der Waals surface area contributed by atoms with Crippen LogP contribution in [0.2, 0.25) is 0 Å². The van der Waals surface area contributed by atoms with Gasteiger partial charge < -0.3 is 14.4 Å². The number of carbonyl (C=O) groups is 3. The van der Waals surface area contributed by atoms with E-state index in [4.69, 9.17) is 9.52 Å². The van der Waals surface area contributed by atoms with E-state index in [9.17, 15) is 19.6 Å². The van der Waals surface area contributed by atoms with E-state index >= 15 is 0 Å². The molecule has 1 aromatic rings. The first-order valence-electron chi connectivity index (χ1n) is 7.66. The Bertz CT molecular complexity index is 836. The Kier molecular flexibility index (Phi) is 5.22. The van der Waals surface area contributed by atoms with E-state index in [2.05, 4.69) is 0 Å². The lowest BCUT2D eigenvalue weighted by atomic mass is 9.77. The highest BCUT2D eigenvalue weighted by atomic mass is 16.4. The second-order valence-electron chi connectivity index (χ2n) is 5.95. The monoisotopic (exact) mass is 342 g/mol. The van der Waals surface area contributed by atoms with Gasteiger partial charge in [0.15, 0.2) is 17.5 Å². The summed E-state index contributed by atoms with van der Waals surface area (Å²) in [6.07, 6.45) is 1.03. The molecule has 1 aromatic heterocycles. The molecule has 0 saturated carbocycles. The average molecular weight is 342 g/mol. The molecule has 0 aromatic carbocycles. The van der Waals surface area contributed by atoms with Crippen LogP contribution in [0.5, 0.6) is 0 Å². The van der Waals surface area contributed by atoms with Gasteiger partial charge in [0, 0.05) is 32.2 Å². The molecule has 0 aliphatic heterocycles. The maximum atomic E-state index is 12.7. The van der Waals surface area contributed by atoms with E-state index in [1.165, 1.54) is 13.0 Å². The summed E-state index contributed by atoms with van der Waals surface area (Å²) in [5.74, 6) is -2.34. The minimum Gasteiger partial charge on any atom is -0.481 e. The summed E-state index contributed by atoms with van der Waals surface area (Å²) in [5.41, 5.74) is 0.374. The summed E-state index contributed by atoms with van der Waals surface area (Å²) >= 11 is 0. The number of anilines is 1. The number of furan rings is 1. The number of rotatable bonds is 5. The van der Waals surface area contributed by atoms with Gasteiger partial charge in [0.2, 0.25) is 0 Å². The number of Topliss-reactive ketones (excluding diaryl/α,β-unsaturated/α-hetero) is 2. The molecule has 1 aliphatic rings. The van der Waals surface area contributed by atoms with E-state index in [0.717, 1.165) is 0 Å². The second-order valence-corrected chi connectivity index (χ2v) is 5.95. The van der Waals surface area contributed by atoms with E-state index < -0.39 is 23.5 Å². The van der Waals surface area contributed by atoms with Crippen LogP contribution in [0.25, 0.3) is 6.08 Å². The molecule has 7 nitrogen and oxygen atoms in total. The summed E-state index contributed by atoms with van der Waals surface area (Å²) in [4.78, 5) is 37.6. The molecule has 0 fully saturated rings. The minimum absolute atomic E-state index is 0.111. The van der Waals surface area contributed by atoms with Crippen molar-refractivity contribution in [2.24, 2.45) is 5.92 Å². The smallest absolute Gasteiger partial charge is 0.303 e. The summed E-state index contributed by atoms with van der Waals surface area (Å²) in [6.45, 7) is 1.53. The molecular formula is C18H18N2O5. The first-order valence-corrected chi connectivity index (χ1v) is 7.66. The maximum absolute atomic E-state index is 12.7. The van der Waals surface area contributed by atoms with E-state index in [1.807, 2.05) is 6.07 Å². The van der Waals surface area contributed by atoms with Gasteiger partial charge in [-0.3, -0.25) is 14.4 Å². The van der Waals surface area contributed by atoms with Crippen LogP contribution in [-0.4, -0.2) is 36.7 Å². The zero-order chi connectivity index (χ0) is 18.7. The molecule has 25 heavy (non-hydrogen) atoms. The fourth-order valence-electron chi connectivity index (χ4n) is 2.64. The highest BCUT2D eigenvalue weighted by Gasteiger charge is 2.38. The fraction of sp³-hybridized carbons (Fsp3) is 0.333. The maximum Gasteiger partial charge on any atom is 0.303 e. The number of aliphatic carboxylic acids is 1. The van der Waals surface area contributed by atoms with Gasteiger partial charge in [-0.2, -0.15) is 5.26 Å². The number of hydrogen-bond acceptors (Lipinski definition) is 6. The Morgan fingerprint density at radius 2 is 2.04 bits per heavy atom. The van der Waals surface area contributed by atoms with Gasteiger partial charge in [-0.25, -0.2) is 0 Å². The van der Waals surface area contributed by atoms with Crippen molar-refractivity contribution in [1.82, 2.24) is 0 Å². The number of hydrogen-bond donors (Lipinski definition) is 1. The highest BCUT2D eigenvalue weighted by Crippen LogP contribution is 2.32. The standard InChI is InChI=1S/C18H18N2O5/c1-10-13(8-11-4-6-15(25-11)20(2)3)17(23)12(5-7-16(21)22)18(24)14(10)9-19/h4,6,8,12H,5,7H2,1-3H3,(H,21,22). The molecule has 1 atom stereocenters. The molecule has 1 aliphatic carbocycles. The van der Waals surface area contributed by atoms with Gasteiger partial charge in [-0.15, -0.1) is 0 Å². The fourth-order valence-corrected chi connectivity index (χ4v) is 2.64. The molecule has 0 bridgehead atoms. The molecule has 2 rings (SSSR count). The number of nitriles is 1. The van der Waals surface area contributed by atoms with Crippen LogP contribution in [0, 0.1) is 17.2 Å². The molecule has 7 heteroatoms. The number of allylic oxidation sites excluding steroid dienone is 3. The normalized spacial score (nSPS) is 19.3. The zero-order valence-electron chi connectivity index (χ0n) is 14.2. The first-order chi connectivity index (χ1) is 11.8. The predicted octanol–water partition coefficient (Wildman–Crippen LogP) is 2.20.